The van der Waals surface area contributed by atoms with Crippen LogP contribution in [0.4, 0.5) is 0 Å². The van der Waals surface area contributed by atoms with Crippen molar-refractivity contribution in [3.8, 4) is 0 Å². The Labute approximate surface area is 209 Å². The first-order chi connectivity index (χ1) is 15.2. The lowest BCUT2D eigenvalue weighted by Crippen LogP contribution is -2.60. The molecule has 0 amide bonds. The molecule has 4 fully saturated rings. The quantitative estimate of drug-likeness (QED) is 0.273. The predicted octanol–water partition coefficient (Wildman–Crippen LogP) is 7.85. The zero-order chi connectivity index (χ0) is 24.3. The first kappa shape index (κ1) is 26.6. The molecule has 190 valence electrons. The van der Waals surface area contributed by atoms with Crippen molar-refractivity contribution in [1.82, 2.24) is 0 Å². The van der Waals surface area contributed by atoms with E-state index in [0.29, 0.717) is 5.54 Å². The third-order valence-corrected chi connectivity index (χ3v) is 23.9. The highest BCUT2D eigenvalue weighted by molar-refractivity contribution is 6.92. The van der Waals surface area contributed by atoms with Gasteiger partial charge < -0.3 is 12.7 Å². The van der Waals surface area contributed by atoms with Crippen LogP contribution in [0, 0.1) is 47.3 Å². The molecule has 4 aliphatic carbocycles. The Hall–Kier alpha value is 0.588. The van der Waals surface area contributed by atoms with Crippen LogP contribution >= 0.6 is 0 Å². The van der Waals surface area contributed by atoms with Gasteiger partial charge in [0, 0.05) is 11.2 Å². The summed E-state index contributed by atoms with van der Waals surface area (Å²) in [6.07, 6.45) is 8.62. The minimum atomic E-state index is -2.58. The molecular weight excluding hydrogens is 473 g/mol. The first-order valence-electron chi connectivity index (χ1n) is 14.1. The lowest BCUT2D eigenvalue weighted by atomic mass is 9.69. The Bertz CT molecular complexity index is 712. The molecular formula is C26H52O3Si4. The van der Waals surface area contributed by atoms with Crippen molar-refractivity contribution in [1.29, 1.82) is 0 Å². The van der Waals surface area contributed by atoms with Crippen LogP contribution in [-0.4, -0.2) is 33.9 Å². The Kier molecular flexibility index (Phi) is 7.65. The van der Waals surface area contributed by atoms with Crippen molar-refractivity contribution in [3.63, 3.8) is 0 Å². The van der Waals surface area contributed by atoms with Crippen LogP contribution < -0.4 is 0 Å². The van der Waals surface area contributed by atoms with E-state index in [1.807, 2.05) is 0 Å². The van der Waals surface area contributed by atoms with E-state index in [4.69, 9.17) is 8.23 Å². The zero-order valence-electron chi connectivity index (χ0n) is 23.1. The molecule has 9 unspecified atom stereocenters. The second-order valence-electron chi connectivity index (χ2n) is 14.4. The summed E-state index contributed by atoms with van der Waals surface area (Å²) in [7, 11) is -7.87. The van der Waals surface area contributed by atoms with Gasteiger partial charge in [0.15, 0.2) is 16.6 Å². The Morgan fingerprint density at radius 3 is 1.85 bits per heavy atom. The van der Waals surface area contributed by atoms with Gasteiger partial charge in [-0.2, -0.15) is 0 Å². The van der Waals surface area contributed by atoms with E-state index >= 15 is 0 Å². The van der Waals surface area contributed by atoms with E-state index in [1.54, 1.807) is 0 Å². The molecule has 7 heteroatoms. The summed E-state index contributed by atoms with van der Waals surface area (Å²) in [5.41, 5.74) is 1.35. The summed E-state index contributed by atoms with van der Waals surface area (Å²) in [5.74, 6) is 7.19. The van der Waals surface area contributed by atoms with E-state index in [-0.39, 0.29) is 0 Å². The van der Waals surface area contributed by atoms with Gasteiger partial charge in [-0.1, -0.05) is 20.8 Å². The SMILES string of the molecule is CC[Si](=O)C[Si](O[Si](C)(C)C)(O[Si](C)(C)C)C1CC2CC1C(CC1C3CCC(C3)C1C)C2C. The van der Waals surface area contributed by atoms with Gasteiger partial charge in [-0.25, -0.2) is 0 Å². The van der Waals surface area contributed by atoms with E-state index in [0.717, 1.165) is 59.1 Å². The van der Waals surface area contributed by atoms with Crippen molar-refractivity contribution in [2.24, 2.45) is 47.3 Å². The number of hydrogen-bond acceptors (Lipinski definition) is 3. The fourth-order valence-electron chi connectivity index (χ4n) is 8.88. The molecule has 0 aromatic heterocycles. The van der Waals surface area contributed by atoms with Crippen LogP contribution in [0.15, 0.2) is 0 Å². The first-order valence-corrected chi connectivity index (χ1v) is 24.9. The van der Waals surface area contributed by atoms with Gasteiger partial charge in [-0.15, -0.1) is 0 Å². The predicted molar refractivity (Wildman–Crippen MR) is 147 cm³/mol. The molecule has 0 N–H and O–H groups in total. The van der Waals surface area contributed by atoms with Gasteiger partial charge in [0.05, 0.1) is 0 Å². The topological polar surface area (TPSA) is 35.5 Å². The van der Waals surface area contributed by atoms with Crippen molar-refractivity contribution in [3.05, 3.63) is 0 Å². The lowest BCUT2D eigenvalue weighted by Gasteiger charge is -2.49. The average molecular weight is 525 g/mol. The summed E-state index contributed by atoms with van der Waals surface area (Å²) in [6, 6.07) is 0.798. The third-order valence-electron chi connectivity index (χ3n) is 10.1. The van der Waals surface area contributed by atoms with Gasteiger partial charge in [-0.05, 0) is 131 Å². The summed E-state index contributed by atoms with van der Waals surface area (Å²) in [5, 5.41) is 0. The Morgan fingerprint density at radius 2 is 1.36 bits per heavy atom. The molecule has 0 heterocycles. The molecule has 4 bridgehead atoms. The second kappa shape index (κ2) is 9.47. The van der Waals surface area contributed by atoms with Crippen molar-refractivity contribution in [2.45, 2.75) is 116 Å². The van der Waals surface area contributed by atoms with Crippen LogP contribution in [0.1, 0.15) is 59.3 Å². The molecule has 0 spiro atoms. The lowest BCUT2D eigenvalue weighted by molar-refractivity contribution is 0.129. The van der Waals surface area contributed by atoms with Crippen LogP contribution in [0.5, 0.6) is 0 Å². The standard InChI is InChI=1S/C26H52O3Si4/c1-10-30(27)17-33(28-31(4,5)6,29-32(7,8)9)26-15-22-14-25(26)24(19(22)3)16-23-18(2)20-11-12-21(23)13-20/h18-26H,10-17H2,1-9H3. The van der Waals surface area contributed by atoms with Gasteiger partial charge in [0.2, 0.25) is 0 Å². The maximum absolute atomic E-state index is 13.2. The third kappa shape index (κ3) is 5.48. The number of hydrogen-bond donors (Lipinski definition) is 0. The molecule has 0 aromatic rings. The zero-order valence-corrected chi connectivity index (χ0v) is 27.1. The minimum absolute atomic E-state index is 0.566. The summed E-state index contributed by atoms with van der Waals surface area (Å²) in [6.45, 7) is 21.2. The van der Waals surface area contributed by atoms with Crippen molar-refractivity contribution >= 4 is 33.9 Å². The smallest absolute Gasteiger partial charge is 0.324 e. The van der Waals surface area contributed by atoms with Gasteiger partial charge in [0.1, 0.15) is 0 Å². The number of fused-ring (bicyclic) bond motifs is 4. The summed E-state index contributed by atoms with van der Waals surface area (Å²) >= 11 is 0. The molecule has 0 saturated heterocycles. The molecule has 0 aromatic carbocycles. The minimum Gasteiger partial charge on any atom is -0.436 e. The Morgan fingerprint density at radius 1 is 0.788 bits per heavy atom. The fourth-order valence-corrected chi connectivity index (χ4v) is 26.7. The van der Waals surface area contributed by atoms with Crippen molar-refractivity contribution < 1.29 is 12.7 Å². The molecule has 4 aliphatic rings. The van der Waals surface area contributed by atoms with Crippen LogP contribution in [-0.2, 0) is 12.7 Å². The molecule has 3 nitrogen and oxygen atoms in total. The fraction of sp³-hybridized carbons (Fsp3) is 1.00. The second-order valence-corrected chi connectivity index (χ2v) is 30.1. The maximum atomic E-state index is 13.2. The number of rotatable bonds is 10. The monoisotopic (exact) mass is 524 g/mol. The molecule has 4 saturated carbocycles. The van der Waals surface area contributed by atoms with E-state index in [9.17, 15) is 4.46 Å². The van der Waals surface area contributed by atoms with E-state index < -0.39 is 33.9 Å². The summed E-state index contributed by atoms with van der Waals surface area (Å²) < 4.78 is 27.7. The Balaban J connectivity index is 1.64. The van der Waals surface area contributed by atoms with Crippen LogP contribution in [0.2, 0.25) is 56.5 Å². The van der Waals surface area contributed by atoms with Crippen LogP contribution in [0.3, 0.4) is 0 Å². The van der Waals surface area contributed by atoms with Gasteiger partial charge in [0.25, 0.3) is 8.68 Å². The highest BCUT2D eigenvalue weighted by Gasteiger charge is 2.63. The molecule has 33 heavy (non-hydrogen) atoms. The highest BCUT2D eigenvalue weighted by Crippen LogP contribution is 2.65. The van der Waals surface area contributed by atoms with E-state index in [1.165, 1.54) is 38.5 Å². The van der Waals surface area contributed by atoms with E-state index in [2.05, 4.69) is 60.1 Å². The van der Waals surface area contributed by atoms with Gasteiger partial charge >= 0.3 is 8.56 Å². The molecule has 0 aliphatic heterocycles. The van der Waals surface area contributed by atoms with Crippen LogP contribution in [0.25, 0.3) is 0 Å². The molecule has 0 radical (unpaired) electrons. The highest BCUT2D eigenvalue weighted by atomic mass is 28.5. The normalized spacial score (nSPS) is 40.7. The average Bonchev–Trinajstić information content (AvgIpc) is 3.42. The van der Waals surface area contributed by atoms with Crippen molar-refractivity contribution in [2.75, 3.05) is 0 Å². The largest absolute Gasteiger partial charge is 0.436 e. The summed E-state index contributed by atoms with van der Waals surface area (Å²) in [4.78, 5) is 0. The van der Waals surface area contributed by atoms with Gasteiger partial charge in [-0.3, -0.25) is 0 Å². The molecule has 9 atom stereocenters. The molecule has 4 rings (SSSR count). The maximum Gasteiger partial charge on any atom is 0.324 e.